The van der Waals surface area contributed by atoms with Gasteiger partial charge in [0.15, 0.2) is 0 Å². The van der Waals surface area contributed by atoms with Crippen molar-refractivity contribution in [2.24, 2.45) is 5.14 Å². The molecule has 0 aromatic carbocycles. The van der Waals surface area contributed by atoms with Gasteiger partial charge in [-0.15, -0.1) is 0 Å². The number of carboxylic acids is 1. The van der Waals surface area contributed by atoms with Gasteiger partial charge in [0.05, 0.1) is 17.4 Å². The van der Waals surface area contributed by atoms with Crippen molar-refractivity contribution in [2.45, 2.75) is 0 Å². The molecule has 19 heavy (non-hydrogen) atoms. The van der Waals surface area contributed by atoms with Crippen LogP contribution in [0.2, 0.25) is 0 Å². The summed E-state index contributed by atoms with van der Waals surface area (Å²) in [5, 5.41) is 16.0. The van der Waals surface area contributed by atoms with Gasteiger partial charge in [-0.3, -0.25) is 4.98 Å². The van der Waals surface area contributed by atoms with E-state index in [0.717, 1.165) is 6.20 Å². The van der Waals surface area contributed by atoms with Gasteiger partial charge in [0.25, 0.3) is 0 Å². The molecular formula is C10H8N3NaO4S. The molecule has 0 unspecified atom stereocenters. The number of nitrogens with zero attached hydrogens (tertiary/aromatic N) is 2. The molecule has 2 heterocycles. The third-order valence-corrected chi connectivity index (χ3v) is 3.11. The Morgan fingerprint density at radius 3 is 2.47 bits per heavy atom. The Balaban J connectivity index is 0.00000180. The summed E-state index contributed by atoms with van der Waals surface area (Å²) >= 11 is 0. The fourth-order valence-corrected chi connectivity index (χ4v) is 2.21. The molecule has 2 N–H and O–H groups in total. The topological polar surface area (TPSA) is 118 Å². The quantitative estimate of drug-likeness (QED) is 0.577. The number of carboxylic acid groups (broad SMARTS) is 1. The Bertz CT molecular complexity index is 697. The van der Waals surface area contributed by atoms with E-state index in [1.807, 2.05) is 0 Å². The summed E-state index contributed by atoms with van der Waals surface area (Å²) in [6.07, 6.45) is 2.51. The first-order chi connectivity index (χ1) is 8.41. The van der Waals surface area contributed by atoms with Crippen molar-refractivity contribution in [1.82, 2.24) is 8.96 Å². The van der Waals surface area contributed by atoms with Gasteiger partial charge in [-0.2, -0.15) is 8.42 Å². The van der Waals surface area contributed by atoms with Crippen LogP contribution in [0.5, 0.6) is 0 Å². The molecule has 0 aliphatic carbocycles. The van der Waals surface area contributed by atoms with E-state index in [2.05, 4.69) is 4.98 Å². The number of hydrogen-bond donors (Lipinski definition) is 1. The van der Waals surface area contributed by atoms with Crippen LogP contribution in [0.25, 0.3) is 11.3 Å². The van der Waals surface area contributed by atoms with Crippen LogP contribution in [0, 0.1) is 0 Å². The molecule has 0 amide bonds. The zero-order valence-electron chi connectivity index (χ0n) is 9.98. The average molecular weight is 289 g/mol. The van der Waals surface area contributed by atoms with Crippen molar-refractivity contribution in [1.29, 1.82) is 0 Å². The van der Waals surface area contributed by atoms with Gasteiger partial charge < -0.3 is 9.90 Å². The van der Waals surface area contributed by atoms with Crippen LogP contribution in [-0.2, 0) is 10.2 Å². The zero-order chi connectivity index (χ0) is 13.3. The third-order valence-electron chi connectivity index (χ3n) is 2.26. The monoisotopic (exact) mass is 289 g/mol. The van der Waals surface area contributed by atoms with Crippen molar-refractivity contribution in [3.05, 3.63) is 42.4 Å². The molecule has 0 fully saturated rings. The van der Waals surface area contributed by atoms with E-state index in [1.54, 1.807) is 18.2 Å². The smallest absolute Gasteiger partial charge is 0.543 e. The zero-order valence-corrected chi connectivity index (χ0v) is 12.8. The van der Waals surface area contributed by atoms with Gasteiger partial charge in [0, 0.05) is 18.0 Å². The van der Waals surface area contributed by atoms with Crippen molar-refractivity contribution in [2.75, 3.05) is 0 Å². The van der Waals surface area contributed by atoms with Crippen molar-refractivity contribution >= 4 is 16.2 Å². The second-order valence-electron chi connectivity index (χ2n) is 3.42. The van der Waals surface area contributed by atoms with Crippen molar-refractivity contribution in [3.63, 3.8) is 0 Å². The standard InChI is InChI=1S/C10H9N3O4S.Na/c11-18(16,17)13-6-4-7(9(13)10(14)15)8-3-1-2-5-12-8;/h1-6H,(H,14,15)(H2,11,16,17);/q;+1/p-1. The van der Waals surface area contributed by atoms with Gasteiger partial charge in [-0.1, -0.05) is 6.07 Å². The number of rotatable bonds is 3. The van der Waals surface area contributed by atoms with Crippen LogP contribution in [0.4, 0.5) is 0 Å². The average Bonchev–Trinajstić information content (AvgIpc) is 2.74. The van der Waals surface area contributed by atoms with E-state index in [4.69, 9.17) is 5.14 Å². The largest absolute Gasteiger partial charge is 1.00 e. The Morgan fingerprint density at radius 1 is 1.32 bits per heavy atom. The number of nitrogens with two attached hydrogens (primary N) is 1. The molecule has 9 heteroatoms. The second kappa shape index (κ2) is 5.85. The fourth-order valence-electron chi connectivity index (χ4n) is 1.56. The van der Waals surface area contributed by atoms with Crippen LogP contribution in [0.15, 0.2) is 36.7 Å². The summed E-state index contributed by atoms with van der Waals surface area (Å²) < 4.78 is 22.9. The summed E-state index contributed by atoms with van der Waals surface area (Å²) in [6, 6.07) is 6.15. The summed E-state index contributed by atoms with van der Waals surface area (Å²) in [5.41, 5.74) is -0.0973. The van der Waals surface area contributed by atoms with E-state index in [1.165, 1.54) is 12.3 Å². The first-order valence-electron chi connectivity index (χ1n) is 4.78. The first-order valence-corrected chi connectivity index (χ1v) is 6.29. The number of aromatic nitrogens is 2. The van der Waals surface area contributed by atoms with Crippen LogP contribution in [0.1, 0.15) is 10.5 Å². The Labute approximate surface area is 131 Å². The molecule has 0 saturated heterocycles. The maximum absolute atomic E-state index is 11.2. The van der Waals surface area contributed by atoms with Crippen LogP contribution >= 0.6 is 0 Å². The Morgan fingerprint density at radius 2 is 2.00 bits per heavy atom. The summed E-state index contributed by atoms with van der Waals surface area (Å²) in [5.74, 6) is -1.64. The SMILES string of the molecule is NS(=O)(=O)n1ccc(-c2ccccn2)c1C(=O)[O-].[Na+]. The summed E-state index contributed by atoms with van der Waals surface area (Å²) in [7, 11) is -4.20. The number of pyridine rings is 1. The maximum atomic E-state index is 11.2. The van der Waals surface area contributed by atoms with E-state index < -0.39 is 21.9 Å². The molecule has 2 aromatic rings. The Hall–Kier alpha value is -1.19. The molecule has 0 saturated carbocycles. The molecule has 0 radical (unpaired) electrons. The summed E-state index contributed by atoms with van der Waals surface area (Å²) in [6.45, 7) is 0. The molecule has 0 bridgehead atoms. The minimum Gasteiger partial charge on any atom is -0.543 e. The predicted molar refractivity (Wildman–Crippen MR) is 60.5 cm³/mol. The molecule has 2 rings (SSSR count). The van der Waals surface area contributed by atoms with Crippen LogP contribution in [0.3, 0.4) is 0 Å². The second-order valence-corrected chi connectivity index (χ2v) is 4.84. The number of carbonyl (C=O) groups excluding carboxylic acids is 1. The fraction of sp³-hybridized carbons (Fsp3) is 0. The van der Waals surface area contributed by atoms with Gasteiger partial charge in [0.1, 0.15) is 0 Å². The van der Waals surface area contributed by atoms with Gasteiger partial charge >= 0.3 is 39.8 Å². The minimum absolute atomic E-state index is 0. The number of hydrogen-bond acceptors (Lipinski definition) is 5. The van der Waals surface area contributed by atoms with Crippen LogP contribution < -0.4 is 39.8 Å². The normalized spacial score (nSPS) is 10.8. The summed E-state index contributed by atoms with van der Waals surface area (Å²) in [4.78, 5) is 15.0. The van der Waals surface area contributed by atoms with Gasteiger partial charge in [0.2, 0.25) is 0 Å². The molecule has 0 atom stereocenters. The van der Waals surface area contributed by atoms with Crippen LogP contribution in [-0.4, -0.2) is 23.3 Å². The Kier molecular flexibility index (Phi) is 4.88. The molecule has 2 aromatic heterocycles. The molecule has 0 spiro atoms. The molecule has 94 valence electrons. The third kappa shape index (κ3) is 3.23. The van der Waals surface area contributed by atoms with Gasteiger partial charge in [-0.25, -0.2) is 9.11 Å². The van der Waals surface area contributed by atoms with E-state index in [0.29, 0.717) is 9.67 Å². The minimum atomic E-state index is -4.20. The molecule has 0 aliphatic heterocycles. The number of aromatic carboxylic acids is 1. The molecular weight excluding hydrogens is 281 g/mol. The number of carbonyl (C=O) groups is 1. The van der Waals surface area contributed by atoms with E-state index in [9.17, 15) is 18.3 Å². The molecule has 7 nitrogen and oxygen atoms in total. The van der Waals surface area contributed by atoms with E-state index >= 15 is 0 Å². The van der Waals surface area contributed by atoms with Crippen molar-refractivity contribution < 1.29 is 47.9 Å². The van der Waals surface area contributed by atoms with Gasteiger partial charge in [-0.05, 0) is 18.2 Å². The van der Waals surface area contributed by atoms with Crippen molar-refractivity contribution in [3.8, 4) is 11.3 Å². The first kappa shape index (κ1) is 15.9. The predicted octanol–water partition coefficient (Wildman–Crippen LogP) is -4.03. The maximum Gasteiger partial charge on any atom is 1.00 e. The molecule has 0 aliphatic rings. The van der Waals surface area contributed by atoms with E-state index in [-0.39, 0.29) is 35.1 Å².